The van der Waals surface area contributed by atoms with E-state index in [-0.39, 0.29) is 18.6 Å². The van der Waals surface area contributed by atoms with Gasteiger partial charge in [0, 0.05) is 5.92 Å². The summed E-state index contributed by atoms with van der Waals surface area (Å²) in [6.45, 7) is 0.123. The van der Waals surface area contributed by atoms with E-state index in [4.69, 9.17) is 4.74 Å². The number of aliphatic carboxylic acids is 1. The van der Waals surface area contributed by atoms with Gasteiger partial charge < -0.3 is 20.9 Å². The third kappa shape index (κ3) is 4.19. The summed E-state index contributed by atoms with van der Waals surface area (Å²) >= 11 is 0. The number of carboxylic acid groups (broad SMARTS) is 1. The van der Waals surface area contributed by atoms with E-state index in [9.17, 15) is 14.7 Å². The second kappa shape index (κ2) is 7.08. The van der Waals surface area contributed by atoms with Gasteiger partial charge in [-0.3, -0.25) is 0 Å². The van der Waals surface area contributed by atoms with Gasteiger partial charge in [0.1, 0.15) is 12.6 Å². The van der Waals surface area contributed by atoms with E-state index in [1.165, 1.54) is 0 Å². The molecule has 1 aliphatic rings. The minimum absolute atomic E-state index is 0.0560. The topological polar surface area (TPSA) is 103 Å². The highest BCUT2D eigenvalue weighted by Crippen LogP contribution is 2.26. The number of hydrogen-bond donors (Lipinski definition) is 3. The van der Waals surface area contributed by atoms with Gasteiger partial charge in [-0.1, -0.05) is 30.3 Å². The van der Waals surface area contributed by atoms with Gasteiger partial charge >= 0.3 is 12.1 Å². The zero-order valence-electron chi connectivity index (χ0n) is 11.8. The van der Waals surface area contributed by atoms with Crippen LogP contribution in [0.1, 0.15) is 24.8 Å². The average molecular weight is 293 g/mol. The zero-order chi connectivity index (χ0) is 15.2. The van der Waals surface area contributed by atoms with E-state index in [0.29, 0.717) is 0 Å². The highest BCUT2D eigenvalue weighted by Gasteiger charge is 2.39. The van der Waals surface area contributed by atoms with E-state index in [1.54, 1.807) is 0 Å². The molecule has 6 heteroatoms. The number of nitrogens with one attached hydrogen (secondary N) is 1. The molecule has 0 aromatic heterocycles. The van der Waals surface area contributed by atoms with Crippen molar-refractivity contribution in [2.75, 3.05) is 0 Å². The third-order valence-corrected chi connectivity index (χ3v) is 3.90. The lowest BCUT2D eigenvalue weighted by Gasteiger charge is -2.22. The van der Waals surface area contributed by atoms with Gasteiger partial charge in [0.25, 0.3) is 0 Å². The lowest BCUT2D eigenvalue weighted by molar-refractivity contribution is -0.429. The van der Waals surface area contributed by atoms with Crippen LogP contribution in [0, 0.1) is 5.92 Å². The van der Waals surface area contributed by atoms with Crippen LogP contribution in [0.4, 0.5) is 4.79 Å². The molecule has 1 fully saturated rings. The molecule has 0 bridgehead atoms. The van der Waals surface area contributed by atoms with Gasteiger partial charge in [-0.2, -0.15) is 0 Å². The largest absolute Gasteiger partial charge is 0.480 e. The first-order valence-electron chi connectivity index (χ1n) is 7.11. The summed E-state index contributed by atoms with van der Waals surface area (Å²) in [7, 11) is 0. The van der Waals surface area contributed by atoms with Gasteiger partial charge in [-0.05, 0) is 24.8 Å². The molecule has 6 nitrogen and oxygen atoms in total. The van der Waals surface area contributed by atoms with Crippen molar-refractivity contribution in [2.24, 2.45) is 5.92 Å². The number of amides is 1. The Morgan fingerprint density at radius 1 is 1.33 bits per heavy atom. The van der Waals surface area contributed by atoms with Crippen molar-refractivity contribution in [3.63, 3.8) is 0 Å². The fourth-order valence-corrected chi connectivity index (χ4v) is 2.75. The van der Waals surface area contributed by atoms with Crippen LogP contribution in [0.25, 0.3) is 0 Å². The quantitative estimate of drug-likeness (QED) is 0.746. The summed E-state index contributed by atoms with van der Waals surface area (Å²) in [5.41, 5.74) is 4.82. The Morgan fingerprint density at radius 3 is 2.62 bits per heavy atom. The van der Waals surface area contributed by atoms with Crippen LogP contribution >= 0.6 is 0 Å². The second-order valence-electron chi connectivity index (χ2n) is 5.38. The third-order valence-electron chi connectivity index (χ3n) is 3.90. The van der Waals surface area contributed by atoms with Crippen LogP contribution in [-0.4, -0.2) is 29.3 Å². The molecular formula is C15H21N2O4+. The Hall–Kier alpha value is -2.08. The molecule has 0 heterocycles. The molecule has 0 spiro atoms. The van der Waals surface area contributed by atoms with Crippen LogP contribution in [0.2, 0.25) is 0 Å². The molecule has 0 unspecified atom stereocenters. The first kappa shape index (κ1) is 15.3. The lowest BCUT2D eigenvalue weighted by Crippen LogP contribution is -2.66. The van der Waals surface area contributed by atoms with Crippen LogP contribution in [-0.2, 0) is 16.1 Å². The monoisotopic (exact) mass is 293 g/mol. The van der Waals surface area contributed by atoms with Crippen LogP contribution in [0.5, 0.6) is 0 Å². The Morgan fingerprint density at radius 2 is 2.05 bits per heavy atom. The fraction of sp³-hybridized carbons (Fsp3) is 0.467. The first-order chi connectivity index (χ1) is 10.1. The van der Waals surface area contributed by atoms with Gasteiger partial charge in [0.15, 0.2) is 0 Å². The smallest absolute Gasteiger partial charge is 0.408 e. The number of benzene rings is 1. The molecular weight excluding hydrogens is 272 g/mol. The zero-order valence-corrected chi connectivity index (χ0v) is 11.8. The van der Waals surface area contributed by atoms with E-state index in [2.05, 4.69) is 11.1 Å². The molecule has 0 aliphatic heterocycles. The highest BCUT2D eigenvalue weighted by molar-refractivity contribution is 5.80. The Bertz CT molecular complexity index is 492. The molecule has 3 atom stereocenters. The van der Waals surface area contributed by atoms with E-state index in [0.717, 1.165) is 24.8 Å². The van der Waals surface area contributed by atoms with Gasteiger partial charge in [-0.15, -0.1) is 0 Å². The van der Waals surface area contributed by atoms with Crippen molar-refractivity contribution < 1.29 is 25.2 Å². The van der Waals surface area contributed by atoms with Crippen LogP contribution in [0.15, 0.2) is 30.3 Å². The second-order valence-corrected chi connectivity index (χ2v) is 5.38. The maximum atomic E-state index is 11.8. The average Bonchev–Trinajstić information content (AvgIpc) is 2.89. The summed E-state index contributed by atoms with van der Waals surface area (Å²) < 4.78 is 5.07. The molecule has 114 valence electrons. The predicted octanol–water partition coefficient (Wildman–Crippen LogP) is 0.777. The molecule has 1 aliphatic carbocycles. The molecule has 1 saturated carbocycles. The Balaban J connectivity index is 1.88. The summed E-state index contributed by atoms with van der Waals surface area (Å²) in [6, 6.07) is 8.37. The number of quaternary nitrogens is 1. The van der Waals surface area contributed by atoms with Crippen molar-refractivity contribution >= 4 is 12.1 Å². The molecule has 1 aromatic carbocycles. The molecule has 0 saturated heterocycles. The van der Waals surface area contributed by atoms with Gasteiger partial charge in [-0.25, -0.2) is 9.59 Å². The maximum Gasteiger partial charge on any atom is 0.408 e. The summed E-state index contributed by atoms with van der Waals surface area (Å²) in [5, 5.41) is 11.7. The number of hydrogen-bond acceptors (Lipinski definition) is 3. The SMILES string of the molecule is [NH3+][C@H]1CCC[C@@H]1[C@@H](NC(=O)OCc1ccccc1)C(=O)O. The predicted molar refractivity (Wildman–Crippen MR) is 75.2 cm³/mol. The normalized spacial score (nSPS) is 22.5. The van der Waals surface area contributed by atoms with Crippen LogP contribution < -0.4 is 11.1 Å². The van der Waals surface area contributed by atoms with E-state index >= 15 is 0 Å². The summed E-state index contributed by atoms with van der Waals surface area (Å²) in [6.07, 6.45) is 1.91. The summed E-state index contributed by atoms with van der Waals surface area (Å²) in [5.74, 6) is -1.17. The number of carbonyl (C=O) groups is 2. The van der Waals surface area contributed by atoms with Crippen molar-refractivity contribution in [3.05, 3.63) is 35.9 Å². The van der Waals surface area contributed by atoms with Gasteiger partial charge in [0.05, 0.1) is 6.04 Å². The van der Waals surface area contributed by atoms with Gasteiger partial charge in [0.2, 0.25) is 0 Å². The van der Waals surface area contributed by atoms with Crippen molar-refractivity contribution in [1.82, 2.24) is 5.32 Å². The van der Waals surface area contributed by atoms with Crippen molar-refractivity contribution in [3.8, 4) is 0 Å². The molecule has 1 aromatic rings. The number of ether oxygens (including phenoxy) is 1. The highest BCUT2D eigenvalue weighted by atomic mass is 16.5. The summed E-state index contributed by atoms with van der Waals surface area (Å²) in [4.78, 5) is 23.1. The van der Waals surface area contributed by atoms with Crippen LogP contribution in [0.3, 0.4) is 0 Å². The Labute approximate surface area is 123 Å². The minimum Gasteiger partial charge on any atom is -0.480 e. The number of carboxylic acids is 1. The van der Waals surface area contributed by atoms with Crippen molar-refractivity contribution in [1.29, 1.82) is 0 Å². The maximum absolute atomic E-state index is 11.8. The number of rotatable bonds is 5. The first-order valence-corrected chi connectivity index (χ1v) is 7.11. The molecule has 5 N–H and O–H groups in total. The lowest BCUT2D eigenvalue weighted by atomic mass is 9.95. The molecule has 21 heavy (non-hydrogen) atoms. The molecule has 2 rings (SSSR count). The van der Waals surface area contributed by atoms with E-state index in [1.807, 2.05) is 30.3 Å². The minimum atomic E-state index is -1.03. The number of alkyl carbamates (subject to hydrolysis) is 1. The fourth-order valence-electron chi connectivity index (χ4n) is 2.75. The standard InChI is InChI=1S/C15H20N2O4/c16-12-8-4-7-11(12)13(14(18)19)17-15(20)21-9-10-5-2-1-3-6-10/h1-3,5-6,11-13H,4,7-9,16H2,(H,17,20)(H,18,19)/p+1/t11-,12-,13+/m0/s1. The Kier molecular flexibility index (Phi) is 5.16. The van der Waals surface area contributed by atoms with E-state index < -0.39 is 18.1 Å². The number of carbonyl (C=O) groups excluding carboxylic acids is 1. The van der Waals surface area contributed by atoms with Crippen molar-refractivity contribution in [2.45, 2.75) is 38.0 Å². The molecule has 0 radical (unpaired) electrons. The molecule has 1 amide bonds.